The number of hydrogen-bond donors (Lipinski definition) is 0. The van der Waals surface area contributed by atoms with E-state index in [2.05, 4.69) is 34.6 Å². The maximum atomic E-state index is 2.55. The van der Waals surface area contributed by atoms with E-state index in [1.54, 1.807) is 0 Å². The first-order valence-corrected chi connectivity index (χ1v) is 8.34. The summed E-state index contributed by atoms with van der Waals surface area (Å²) in [7, 11) is 0. The molecule has 2 aliphatic rings. The Morgan fingerprint density at radius 2 is 1.22 bits per heavy atom. The normalized spacial score (nSPS) is 45.5. The van der Waals surface area contributed by atoms with Gasteiger partial charge in [0.15, 0.2) is 0 Å². The highest BCUT2D eigenvalue weighted by atomic mass is 15.4. The summed E-state index contributed by atoms with van der Waals surface area (Å²) < 4.78 is 1.44. The lowest BCUT2D eigenvalue weighted by molar-refractivity contribution is -0.953. The fourth-order valence-corrected chi connectivity index (χ4v) is 4.75. The molecule has 2 saturated heterocycles. The van der Waals surface area contributed by atoms with Crippen molar-refractivity contribution in [2.24, 2.45) is 23.7 Å². The lowest BCUT2D eigenvalue weighted by Gasteiger charge is -2.45. The molecule has 5 unspecified atom stereocenters. The Labute approximate surface area is 115 Å². The molecule has 0 bridgehead atoms. The molecule has 1 spiro atoms. The van der Waals surface area contributed by atoms with E-state index in [-0.39, 0.29) is 0 Å². The average molecular weight is 252 g/mol. The molecule has 1 nitrogen and oxygen atoms in total. The van der Waals surface area contributed by atoms with Gasteiger partial charge in [-0.25, -0.2) is 0 Å². The molecule has 2 rings (SSSR count). The second-order valence-electron chi connectivity index (χ2n) is 7.56. The summed E-state index contributed by atoms with van der Waals surface area (Å²) in [5, 5.41) is 0. The van der Waals surface area contributed by atoms with Crippen LogP contribution in [0.25, 0.3) is 0 Å². The van der Waals surface area contributed by atoms with Crippen LogP contribution in [0.5, 0.6) is 0 Å². The molecule has 0 aliphatic carbocycles. The molecule has 106 valence electrons. The van der Waals surface area contributed by atoms with Crippen molar-refractivity contribution in [3.63, 3.8) is 0 Å². The topological polar surface area (TPSA) is 0 Å². The molecular weight excluding hydrogens is 218 g/mol. The smallest absolute Gasteiger partial charge is 0.0890 e. The van der Waals surface area contributed by atoms with Gasteiger partial charge in [-0.3, -0.25) is 0 Å². The summed E-state index contributed by atoms with van der Waals surface area (Å²) >= 11 is 0. The van der Waals surface area contributed by atoms with E-state index in [0.29, 0.717) is 0 Å². The van der Waals surface area contributed by atoms with Gasteiger partial charge in [0.2, 0.25) is 0 Å². The van der Waals surface area contributed by atoms with Crippen LogP contribution in [0, 0.1) is 23.7 Å². The number of quaternary nitrogens is 1. The largest absolute Gasteiger partial charge is 0.321 e. The Hall–Kier alpha value is -0.0400. The predicted octanol–water partition coefficient (Wildman–Crippen LogP) is 4.32. The molecule has 1 heteroatoms. The van der Waals surface area contributed by atoms with E-state index in [0.717, 1.165) is 29.7 Å². The summed E-state index contributed by atoms with van der Waals surface area (Å²) in [6, 6.07) is 0.866. The van der Waals surface area contributed by atoms with Crippen molar-refractivity contribution in [1.29, 1.82) is 0 Å². The Bertz CT molecular complexity index is 265. The zero-order valence-electron chi connectivity index (χ0n) is 13.3. The molecule has 5 atom stereocenters. The molecule has 0 saturated carbocycles. The van der Waals surface area contributed by atoms with Crippen molar-refractivity contribution in [2.75, 3.05) is 19.6 Å². The summed E-state index contributed by atoms with van der Waals surface area (Å²) in [6.45, 7) is 16.9. The van der Waals surface area contributed by atoms with Gasteiger partial charge in [-0.05, 0) is 44.4 Å². The third kappa shape index (κ3) is 2.48. The van der Waals surface area contributed by atoms with Crippen molar-refractivity contribution in [1.82, 2.24) is 0 Å². The van der Waals surface area contributed by atoms with Gasteiger partial charge < -0.3 is 4.48 Å². The first kappa shape index (κ1) is 14.4. The Kier molecular flexibility index (Phi) is 4.41. The Morgan fingerprint density at radius 3 is 1.78 bits per heavy atom. The number of nitrogens with zero attached hydrogens (tertiary/aromatic N) is 1. The van der Waals surface area contributed by atoms with Gasteiger partial charge in [0.05, 0.1) is 25.7 Å². The van der Waals surface area contributed by atoms with E-state index in [1.807, 2.05) is 0 Å². The van der Waals surface area contributed by atoms with Crippen LogP contribution in [0.1, 0.15) is 60.3 Å². The summed E-state index contributed by atoms with van der Waals surface area (Å²) in [4.78, 5) is 0. The van der Waals surface area contributed by atoms with Crippen LogP contribution in [0.2, 0.25) is 0 Å². The molecule has 0 radical (unpaired) electrons. The first-order chi connectivity index (χ1) is 8.48. The Balaban J connectivity index is 2.27. The third-order valence-corrected chi connectivity index (χ3v) is 6.79. The van der Waals surface area contributed by atoms with E-state index < -0.39 is 0 Å². The van der Waals surface area contributed by atoms with Crippen molar-refractivity contribution >= 4 is 0 Å². The Morgan fingerprint density at radius 1 is 0.667 bits per heavy atom. The van der Waals surface area contributed by atoms with Crippen molar-refractivity contribution < 1.29 is 4.48 Å². The standard InChI is InChI=1S/C17H34N/c1-13-12-18(10-8-6-7-9-11-18)17(5)16(4)15(3)14(13)2/h13-17H,6-12H2,1-5H3/q+1. The second kappa shape index (κ2) is 5.53. The van der Waals surface area contributed by atoms with Crippen molar-refractivity contribution in [2.45, 2.75) is 66.3 Å². The van der Waals surface area contributed by atoms with E-state index in [1.165, 1.54) is 49.8 Å². The lowest BCUT2D eigenvalue weighted by atomic mass is 9.78. The summed E-state index contributed by atoms with van der Waals surface area (Å²) in [5.41, 5.74) is 0. The van der Waals surface area contributed by atoms with E-state index in [9.17, 15) is 0 Å². The zero-order valence-corrected chi connectivity index (χ0v) is 13.3. The maximum Gasteiger partial charge on any atom is 0.0890 e. The van der Waals surface area contributed by atoms with Gasteiger partial charge in [-0.1, -0.05) is 27.7 Å². The lowest BCUT2D eigenvalue weighted by Crippen LogP contribution is -2.58. The predicted molar refractivity (Wildman–Crippen MR) is 79.4 cm³/mol. The zero-order chi connectivity index (χ0) is 13.3. The quantitative estimate of drug-likeness (QED) is 0.563. The molecular formula is C17H34N+. The van der Waals surface area contributed by atoms with Crippen molar-refractivity contribution in [3.05, 3.63) is 0 Å². The molecule has 0 aromatic rings. The SMILES string of the molecule is CC1C[N+]2(CCCCCC2)C(C)C(C)C(C)C1C. The number of hydrogen-bond acceptors (Lipinski definition) is 0. The van der Waals surface area contributed by atoms with Gasteiger partial charge in [0.25, 0.3) is 0 Å². The van der Waals surface area contributed by atoms with Crippen LogP contribution < -0.4 is 0 Å². The highest BCUT2D eigenvalue weighted by Gasteiger charge is 2.45. The molecule has 2 aliphatic heterocycles. The highest BCUT2D eigenvalue weighted by Crippen LogP contribution is 2.40. The molecule has 2 fully saturated rings. The van der Waals surface area contributed by atoms with Gasteiger partial charge in [-0.15, -0.1) is 0 Å². The molecule has 18 heavy (non-hydrogen) atoms. The average Bonchev–Trinajstić information content (AvgIpc) is 2.63. The van der Waals surface area contributed by atoms with Crippen LogP contribution in [0.4, 0.5) is 0 Å². The summed E-state index contributed by atoms with van der Waals surface area (Å²) in [6.07, 6.45) is 5.88. The van der Waals surface area contributed by atoms with Crippen LogP contribution in [0.15, 0.2) is 0 Å². The van der Waals surface area contributed by atoms with Gasteiger partial charge >= 0.3 is 0 Å². The fourth-order valence-electron chi connectivity index (χ4n) is 4.75. The summed E-state index contributed by atoms with van der Waals surface area (Å²) in [5.74, 6) is 3.55. The van der Waals surface area contributed by atoms with Crippen LogP contribution in [-0.2, 0) is 0 Å². The molecule has 0 aromatic heterocycles. The minimum Gasteiger partial charge on any atom is -0.321 e. The minimum absolute atomic E-state index is 0.866. The van der Waals surface area contributed by atoms with E-state index in [4.69, 9.17) is 0 Å². The molecule has 0 amide bonds. The van der Waals surface area contributed by atoms with Gasteiger partial charge in [-0.2, -0.15) is 0 Å². The number of rotatable bonds is 0. The molecule has 0 N–H and O–H groups in total. The van der Waals surface area contributed by atoms with Gasteiger partial charge in [0.1, 0.15) is 0 Å². The maximum absolute atomic E-state index is 2.55. The third-order valence-electron chi connectivity index (χ3n) is 6.79. The molecule has 2 heterocycles. The van der Waals surface area contributed by atoms with Gasteiger partial charge in [0, 0.05) is 11.8 Å². The second-order valence-corrected chi connectivity index (χ2v) is 7.56. The monoisotopic (exact) mass is 252 g/mol. The van der Waals surface area contributed by atoms with E-state index >= 15 is 0 Å². The van der Waals surface area contributed by atoms with Crippen LogP contribution >= 0.6 is 0 Å². The highest BCUT2D eigenvalue weighted by molar-refractivity contribution is 4.81. The minimum atomic E-state index is 0.866. The van der Waals surface area contributed by atoms with Crippen molar-refractivity contribution in [3.8, 4) is 0 Å². The fraction of sp³-hybridized carbons (Fsp3) is 1.00. The van der Waals surface area contributed by atoms with Crippen LogP contribution in [0.3, 0.4) is 0 Å². The van der Waals surface area contributed by atoms with Crippen LogP contribution in [-0.4, -0.2) is 30.2 Å². The molecule has 0 aromatic carbocycles. The first-order valence-electron chi connectivity index (χ1n) is 8.34.